The number of fused-ring (bicyclic) bond motifs is 7. The number of carbonyl (C=O) groups excluding carboxylic acids is 3. The van der Waals surface area contributed by atoms with Crippen molar-refractivity contribution in [3.63, 3.8) is 0 Å². The van der Waals surface area contributed by atoms with E-state index >= 15 is 0 Å². The molecule has 8 heteroatoms. The van der Waals surface area contributed by atoms with Crippen molar-refractivity contribution in [2.45, 2.75) is 37.8 Å². The Morgan fingerprint density at radius 1 is 1.12 bits per heavy atom. The van der Waals surface area contributed by atoms with Crippen LogP contribution in [-0.2, 0) is 26.3 Å². The van der Waals surface area contributed by atoms with Crippen molar-refractivity contribution in [2.75, 3.05) is 16.8 Å². The molecule has 3 saturated heterocycles. The number of aryl methyl sites for hydroxylation is 1. The Kier molecular flexibility index (Phi) is 4.29. The topological polar surface area (TPSA) is 69.7 Å². The first kappa shape index (κ1) is 20.2. The van der Waals surface area contributed by atoms with Crippen molar-refractivity contribution < 1.29 is 14.4 Å². The molecule has 1 spiro atoms. The summed E-state index contributed by atoms with van der Waals surface area (Å²) in [5.74, 6) is -2.30. The van der Waals surface area contributed by atoms with E-state index in [9.17, 15) is 14.4 Å². The summed E-state index contributed by atoms with van der Waals surface area (Å²) in [7, 11) is 0. The Morgan fingerprint density at radius 3 is 2.72 bits per heavy atom. The van der Waals surface area contributed by atoms with Gasteiger partial charge in [0, 0.05) is 22.3 Å². The highest BCUT2D eigenvalue weighted by molar-refractivity contribution is 6.38. The average molecular weight is 470 g/mol. The molecule has 4 atom stereocenters. The van der Waals surface area contributed by atoms with Gasteiger partial charge in [-0.1, -0.05) is 48.3 Å². The van der Waals surface area contributed by atoms with E-state index in [0.29, 0.717) is 11.6 Å². The van der Waals surface area contributed by atoms with Crippen LogP contribution in [0.1, 0.15) is 30.9 Å². The molecule has 0 aromatic heterocycles. The maximum absolute atomic E-state index is 14.0. The third kappa shape index (κ3) is 2.28. The Hall–Kier alpha value is -2.41. The fraction of sp³-hybridized carbons (Fsp3) is 0.375. The molecular weight excluding hydrogens is 449 g/mol. The van der Waals surface area contributed by atoms with Crippen LogP contribution in [-0.4, -0.2) is 35.2 Å². The molecule has 32 heavy (non-hydrogen) atoms. The summed E-state index contributed by atoms with van der Waals surface area (Å²) in [4.78, 5) is 44.7. The lowest BCUT2D eigenvalue weighted by molar-refractivity contribution is -0.135. The van der Waals surface area contributed by atoms with E-state index in [1.165, 1.54) is 6.07 Å². The molecule has 4 aliphatic rings. The molecule has 0 saturated carbocycles. The quantitative estimate of drug-likeness (QED) is 0.675. The second-order valence-electron chi connectivity index (χ2n) is 8.93. The van der Waals surface area contributed by atoms with E-state index in [1.54, 1.807) is 12.1 Å². The van der Waals surface area contributed by atoms with Gasteiger partial charge in [0.15, 0.2) is 0 Å². The second-order valence-corrected chi connectivity index (χ2v) is 9.77. The lowest BCUT2D eigenvalue weighted by Crippen LogP contribution is -2.54. The van der Waals surface area contributed by atoms with E-state index in [2.05, 4.69) is 10.2 Å². The number of carbonyl (C=O) groups is 3. The Labute approximate surface area is 195 Å². The third-order valence-corrected chi connectivity index (χ3v) is 8.20. The molecule has 0 radical (unpaired) electrons. The standard InChI is InChI=1S/C24H21Cl2N3O3/c1-2-12-5-3-6-14-20(12)27-23(32)24(14)19-18(16-7-4-10-28(16)24)21(30)29(22(19)31)17-11-13(25)8-9-15(17)26/h3,5-6,8-9,11,16,18-19H,2,4,7,10H2,1H3,(H,27,32). The fourth-order valence-electron chi connectivity index (χ4n) is 6.48. The van der Waals surface area contributed by atoms with Gasteiger partial charge >= 0.3 is 0 Å². The van der Waals surface area contributed by atoms with Crippen molar-refractivity contribution in [3.05, 3.63) is 57.6 Å². The number of nitrogens with zero attached hydrogens (tertiary/aromatic N) is 2. The van der Waals surface area contributed by atoms with Crippen LogP contribution >= 0.6 is 23.2 Å². The van der Waals surface area contributed by atoms with Gasteiger partial charge in [-0.15, -0.1) is 0 Å². The first-order valence-electron chi connectivity index (χ1n) is 10.9. The lowest BCUT2D eigenvalue weighted by Gasteiger charge is -2.36. The van der Waals surface area contributed by atoms with Crippen molar-refractivity contribution in [1.82, 2.24) is 4.90 Å². The van der Waals surface area contributed by atoms with Gasteiger partial charge in [0.25, 0.3) is 0 Å². The highest BCUT2D eigenvalue weighted by Gasteiger charge is 2.74. The number of amides is 3. The molecule has 6 nitrogen and oxygen atoms in total. The molecule has 4 aliphatic heterocycles. The van der Waals surface area contributed by atoms with Gasteiger partial charge in [-0.2, -0.15) is 0 Å². The van der Waals surface area contributed by atoms with Crippen LogP contribution in [0.3, 0.4) is 0 Å². The van der Waals surface area contributed by atoms with Crippen LogP contribution in [0.4, 0.5) is 11.4 Å². The average Bonchev–Trinajstić information content (AvgIpc) is 3.48. The second kappa shape index (κ2) is 6.80. The van der Waals surface area contributed by atoms with E-state index in [4.69, 9.17) is 23.2 Å². The van der Waals surface area contributed by atoms with Crippen LogP contribution in [0.5, 0.6) is 0 Å². The van der Waals surface area contributed by atoms with Gasteiger partial charge in [0.2, 0.25) is 17.7 Å². The molecule has 0 bridgehead atoms. The van der Waals surface area contributed by atoms with Gasteiger partial charge in [-0.05, 0) is 49.6 Å². The van der Waals surface area contributed by atoms with Crippen molar-refractivity contribution in [2.24, 2.45) is 11.8 Å². The van der Waals surface area contributed by atoms with E-state index in [-0.39, 0.29) is 34.5 Å². The zero-order valence-corrected chi connectivity index (χ0v) is 18.9. The summed E-state index contributed by atoms with van der Waals surface area (Å²) in [6.45, 7) is 2.72. The molecule has 2 aromatic rings. The minimum absolute atomic E-state index is 0.165. The molecular formula is C24H21Cl2N3O3. The van der Waals surface area contributed by atoms with Gasteiger partial charge in [-0.3, -0.25) is 19.3 Å². The number of imide groups is 1. The molecule has 164 valence electrons. The SMILES string of the molecule is CCc1cccc2c1NC(=O)C21C2C(=O)N(c3cc(Cl)ccc3Cl)C(=O)C2C2CCCN21. The highest BCUT2D eigenvalue weighted by Crippen LogP contribution is 2.61. The maximum Gasteiger partial charge on any atom is 0.250 e. The Balaban J connectivity index is 1.57. The summed E-state index contributed by atoms with van der Waals surface area (Å²) in [6, 6.07) is 10.4. The summed E-state index contributed by atoms with van der Waals surface area (Å²) >= 11 is 12.5. The number of benzene rings is 2. The normalized spacial score (nSPS) is 30.8. The van der Waals surface area contributed by atoms with E-state index in [1.807, 2.05) is 25.1 Å². The molecule has 2 aromatic carbocycles. The van der Waals surface area contributed by atoms with Crippen LogP contribution in [0.2, 0.25) is 10.0 Å². The fourth-order valence-corrected chi connectivity index (χ4v) is 6.85. The van der Waals surface area contributed by atoms with Crippen molar-refractivity contribution in [3.8, 4) is 0 Å². The number of para-hydroxylation sites is 1. The molecule has 1 N–H and O–H groups in total. The van der Waals surface area contributed by atoms with Crippen LogP contribution < -0.4 is 10.2 Å². The van der Waals surface area contributed by atoms with E-state index in [0.717, 1.165) is 41.0 Å². The predicted molar refractivity (Wildman–Crippen MR) is 122 cm³/mol. The zero-order valence-electron chi connectivity index (χ0n) is 17.4. The minimum atomic E-state index is -1.18. The summed E-state index contributed by atoms with van der Waals surface area (Å²) in [5, 5.41) is 3.74. The third-order valence-electron chi connectivity index (χ3n) is 7.64. The van der Waals surface area contributed by atoms with Gasteiger partial charge in [0.05, 0.1) is 22.5 Å². The minimum Gasteiger partial charge on any atom is -0.324 e. The maximum atomic E-state index is 14.0. The molecule has 4 unspecified atom stereocenters. The number of hydrogen-bond acceptors (Lipinski definition) is 4. The van der Waals surface area contributed by atoms with E-state index < -0.39 is 17.4 Å². The summed E-state index contributed by atoms with van der Waals surface area (Å²) in [6.07, 6.45) is 2.41. The zero-order chi connectivity index (χ0) is 22.4. The van der Waals surface area contributed by atoms with Crippen LogP contribution in [0.25, 0.3) is 0 Å². The van der Waals surface area contributed by atoms with Gasteiger partial charge < -0.3 is 5.32 Å². The molecule has 4 heterocycles. The van der Waals surface area contributed by atoms with Crippen LogP contribution in [0.15, 0.2) is 36.4 Å². The molecule has 3 amide bonds. The number of nitrogens with one attached hydrogen (secondary N) is 1. The predicted octanol–water partition coefficient (Wildman–Crippen LogP) is 3.99. The number of anilines is 2. The number of halogens is 2. The first-order chi connectivity index (χ1) is 15.4. The van der Waals surface area contributed by atoms with Crippen molar-refractivity contribution >= 4 is 52.3 Å². The van der Waals surface area contributed by atoms with Gasteiger partial charge in [0.1, 0.15) is 5.54 Å². The van der Waals surface area contributed by atoms with Crippen molar-refractivity contribution in [1.29, 1.82) is 0 Å². The lowest BCUT2D eigenvalue weighted by atomic mass is 9.75. The Bertz CT molecular complexity index is 1210. The molecule has 0 aliphatic carbocycles. The molecule has 3 fully saturated rings. The summed E-state index contributed by atoms with van der Waals surface area (Å²) < 4.78 is 0. The first-order valence-corrected chi connectivity index (χ1v) is 11.7. The molecule has 6 rings (SSSR count). The monoisotopic (exact) mass is 469 g/mol. The van der Waals surface area contributed by atoms with Gasteiger partial charge in [-0.25, -0.2) is 4.90 Å². The number of rotatable bonds is 2. The largest absolute Gasteiger partial charge is 0.324 e. The Morgan fingerprint density at radius 2 is 1.94 bits per heavy atom. The highest BCUT2D eigenvalue weighted by atomic mass is 35.5. The summed E-state index contributed by atoms with van der Waals surface area (Å²) in [5.41, 5.74) is 1.72. The number of hydrogen-bond donors (Lipinski definition) is 1. The van der Waals surface area contributed by atoms with Crippen LogP contribution in [0, 0.1) is 11.8 Å². The smallest absolute Gasteiger partial charge is 0.250 e.